The van der Waals surface area contributed by atoms with Gasteiger partial charge in [0.05, 0.1) is 0 Å². The van der Waals surface area contributed by atoms with E-state index in [-0.39, 0.29) is 21.7 Å². The summed E-state index contributed by atoms with van der Waals surface area (Å²) in [6.45, 7) is 37.1. The number of rotatable bonds is 6. The predicted octanol–water partition coefficient (Wildman–Crippen LogP) is 28.4. The Morgan fingerprint density at radius 3 is 1.02 bits per heavy atom. The Morgan fingerprint density at radius 2 is 0.510 bits per heavy atom. The van der Waals surface area contributed by atoms with E-state index in [1.165, 1.54) is 177 Å². The molecule has 100 heavy (non-hydrogen) atoms. The van der Waals surface area contributed by atoms with Crippen molar-refractivity contribution in [3.63, 3.8) is 0 Å². The monoisotopic (exact) mass is 1300 g/mol. The topological polar surface area (TPSA) is 0 Å². The molecule has 18 rings (SSSR count). The molecule has 0 saturated heterocycles. The van der Waals surface area contributed by atoms with E-state index in [0.29, 0.717) is 23.7 Å². The van der Waals surface area contributed by atoms with Gasteiger partial charge in [-0.15, -0.1) is 0 Å². The van der Waals surface area contributed by atoms with Gasteiger partial charge in [0.15, 0.2) is 0 Å². The van der Waals surface area contributed by atoms with Crippen LogP contribution >= 0.6 is 0 Å². The van der Waals surface area contributed by atoms with Gasteiger partial charge in [-0.1, -0.05) is 347 Å². The van der Waals surface area contributed by atoms with Crippen molar-refractivity contribution >= 4 is 43.1 Å². The second-order valence-electron chi connectivity index (χ2n) is 32.4. The van der Waals surface area contributed by atoms with Gasteiger partial charge >= 0.3 is 0 Å². The summed E-state index contributed by atoms with van der Waals surface area (Å²) in [4.78, 5) is 0. The maximum absolute atomic E-state index is 2.43. The molecule has 0 aromatic heterocycles. The van der Waals surface area contributed by atoms with E-state index in [1.807, 2.05) is 0 Å². The summed E-state index contributed by atoms with van der Waals surface area (Å²) in [6.07, 6.45) is 0. The SMILES string of the molecule is CC(C)c1ccc2c(c1)C(C)(C)c1cc(-c3ccc4ccccc4c3)ccc1-2.CC(C)c1ccc2c(c1)C(C)(C)c1cc(-c3cccc4ccccc34)ccc1-2.CC(C)c1ccc2c(c1)C(C)(C)c1cc3ccccc3cc1-2.CC(C)c1ccc2c(c1)C(C)(C)c1ccc3ccccc3c1-2. The minimum atomic E-state index is 0.0240. The molecule has 0 spiro atoms. The normalized spacial score (nSPS) is 14.7. The maximum Gasteiger partial charge on any atom is 0.0159 e. The zero-order chi connectivity index (χ0) is 69.9. The summed E-state index contributed by atoms with van der Waals surface area (Å²) >= 11 is 0. The number of hydrogen-bond donors (Lipinski definition) is 0. The molecule has 0 nitrogen and oxygen atoms in total. The van der Waals surface area contributed by atoms with Crippen molar-refractivity contribution in [1.29, 1.82) is 0 Å². The van der Waals surface area contributed by atoms with E-state index < -0.39 is 0 Å². The third-order valence-corrected chi connectivity index (χ3v) is 23.4. The molecule has 496 valence electrons. The highest BCUT2D eigenvalue weighted by Crippen LogP contribution is 2.55. The van der Waals surface area contributed by atoms with Crippen LogP contribution in [0, 0.1) is 0 Å². The number of hydrogen-bond acceptors (Lipinski definition) is 0. The zero-order valence-corrected chi connectivity index (χ0v) is 61.7. The first-order chi connectivity index (χ1) is 47.9. The molecule has 4 aliphatic carbocycles. The Hall–Kier alpha value is -9.88. The lowest BCUT2D eigenvalue weighted by molar-refractivity contribution is 0.658. The van der Waals surface area contributed by atoms with Gasteiger partial charge in [0.25, 0.3) is 0 Å². The van der Waals surface area contributed by atoms with Gasteiger partial charge in [-0.3, -0.25) is 0 Å². The smallest absolute Gasteiger partial charge is 0.0159 e. The number of fused-ring (bicyclic) bond motifs is 17. The average molecular weight is 1300 g/mol. The molecule has 14 aromatic carbocycles. The Kier molecular flexibility index (Phi) is 16.6. The van der Waals surface area contributed by atoms with Crippen molar-refractivity contribution in [1.82, 2.24) is 0 Å². The van der Waals surface area contributed by atoms with Crippen molar-refractivity contribution in [3.05, 3.63) is 334 Å². The van der Waals surface area contributed by atoms with Crippen LogP contribution in [0.2, 0.25) is 0 Å². The highest BCUT2D eigenvalue weighted by atomic mass is 14.4. The Balaban J connectivity index is 0.000000109. The Morgan fingerprint density at radius 1 is 0.190 bits per heavy atom. The van der Waals surface area contributed by atoms with E-state index in [1.54, 1.807) is 0 Å². The molecule has 0 radical (unpaired) electrons. The largest absolute Gasteiger partial charge is 0.0616 e. The highest BCUT2D eigenvalue weighted by Gasteiger charge is 2.40. The summed E-state index contributed by atoms with van der Waals surface area (Å²) in [5.41, 5.74) is 34.1. The Labute approximate surface area is 595 Å². The van der Waals surface area contributed by atoms with Crippen molar-refractivity contribution in [2.24, 2.45) is 0 Å². The van der Waals surface area contributed by atoms with Crippen LogP contribution in [-0.4, -0.2) is 0 Å². The zero-order valence-electron chi connectivity index (χ0n) is 61.7. The fraction of sp³-hybridized carbons (Fsp3) is 0.240. The molecule has 0 N–H and O–H groups in total. The van der Waals surface area contributed by atoms with E-state index >= 15 is 0 Å². The van der Waals surface area contributed by atoms with Crippen LogP contribution in [0.25, 0.3) is 110 Å². The van der Waals surface area contributed by atoms with Crippen LogP contribution in [0.4, 0.5) is 0 Å². The van der Waals surface area contributed by atoms with E-state index in [0.717, 1.165) is 0 Å². The predicted molar refractivity (Wildman–Crippen MR) is 433 cm³/mol. The maximum atomic E-state index is 2.43. The van der Waals surface area contributed by atoms with Crippen LogP contribution in [0.1, 0.15) is 201 Å². The second kappa shape index (κ2) is 25.1. The fourth-order valence-corrected chi connectivity index (χ4v) is 17.1. The van der Waals surface area contributed by atoms with Crippen LogP contribution in [0.15, 0.2) is 267 Å². The summed E-state index contributed by atoms with van der Waals surface area (Å²) in [6, 6.07) is 99.7. The minimum absolute atomic E-state index is 0.0240. The molecule has 14 aromatic rings. The first kappa shape index (κ1) is 66.0. The molecule has 0 amide bonds. The molecule has 4 aliphatic rings. The molecule has 0 saturated carbocycles. The lowest BCUT2D eigenvalue weighted by atomic mass is 9.80. The molecule has 0 heterocycles. The minimum Gasteiger partial charge on any atom is -0.0616 e. The van der Waals surface area contributed by atoms with E-state index in [9.17, 15) is 0 Å². The van der Waals surface area contributed by atoms with E-state index in [2.05, 4.69) is 378 Å². The Bertz CT molecular complexity index is 5530. The molecular formula is C100H96. The van der Waals surface area contributed by atoms with Crippen LogP contribution < -0.4 is 0 Å². The van der Waals surface area contributed by atoms with Crippen molar-refractivity contribution in [2.75, 3.05) is 0 Å². The van der Waals surface area contributed by atoms with Crippen LogP contribution in [0.3, 0.4) is 0 Å². The molecule has 0 heteroatoms. The molecule has 0 atom stereocenters. The van der Waals surface area contributed by atoms with Crippen molar-refractivity contribution in [2.45, 2.75) is 156 Å². The average Bonchev–Trinajstić information content (AvgIpc) is 1.59. The first-order valence-electron chi connectivity index (χ1n) is 36.8. The van der Waals surface area contributed by atoms with Crippen LogP contribution in [0.5, 0.6) is 0 Å². The van der Waals surface area contributed by atoms with Gasteiger partial charge < -0.3 is 0 Å². The van der Waals surface area contributed by atoms with Crippen LogP contribution in [-0.2, 0) is 21.7 Å². The molecule has 0 bridgehead atoms. The fourth-order valence-electron chi connectivity index (χ4n) is 17.1. The van der Waals surface area contributed by atoms with Gasteiger partial charge in [-0.2, -0.15) is 0 Å². The standard InChI is InChI=1S/2C28H26.2C22H22/c1-18(2)20-12-14-24-25-15-13-21(17-27(25)28(3,4)26(24)16-20)23-11-7-9-19-8-5-6-10-22(19)23;1-18(2)20-11-13-24-25-14-12-23(17-27(25)28(3,4)26(24)16-20)22-10-9-19-7-5-6-8-21(19)15-22;1-14(2)16-9-11-18-20(13-16)22(3,4)19-12-10-15-7-5-6-8-17(15)21(18)19;1-14(2)15-9-10-18-19-11-16-7-5-6-8-17(16)13-21(19)22(3,4)20(18)12-15/h2*5-18H,1-4H3;2*5-14H,1-4H3. The third kappa shape index (κ3) is 11.2. The lowest BCUT2D eigenvalue weighted by Gasteiger charge is -2.23. The second-order valence-corrected chi connectivity index (χ2v) is 32.4. The molecule has 0 aliphatic heterocycles. The van der Waals surface area contributed by atoms with Crippen molar-refractivity contribution in [3.8, 4) is 66.8 Å². The quantitative estimate of drug-likeness (QED) is 0.156. The summed E-state index contributed by atoms with van der Waals surface area (Å²) < 4.78 is 0. The number of benzene rings is 14. The first-order valence-corrected chi connectivity index (χ1v) is 36.8. The molecular weight excluding hydrogens is 1200 g/mol. The summed E-state index contributed by atoms with van der Waals surface area (Å²) in [5.74, 6) is 2.25. The lowest BCUT2D eigenvalue weighted by Crippen LogP contribution is -2.15. The third-order valence-electron chi connectivity index (χ3n) is 23.4. The van der Waals surface area contributed by atoms with Gasteiger partial charge in [-0.25, -0.2) is 0 Å². The molecule has 0 unspecified atom stereocenters. The van der Waals surface area contributed by atoms with Gasteiger partial charge in [-0.05, 0) is 231 Å². The summed E-state index contributed by atoms with van der Waals surface area (Å²) in [7, 11) is 0. The van der Waals surface area contributed by atoms with E-state index in [4.69, 9.17) is 0 Å². The highest BCUT2D eigenvalue weighted by molar-refractivity contribution is 6.03. The van der Waals surface area contributed by atoms with Gasteiger partial charge in [0, 0.05) is 21.7 Å². The summed E-state index contributed by atoms with van der Waals surface area (Å²) in [5, 5.41) is 10.6. The molecule has 0 fully saturated rings. The van der Waals surface area contributed by atoms with Gasteiger partial charge in [0.2, 0.25) is 0 Å². The van der Waals surface area contributed by atoms with Crippen molar-refractivity contribution < 1.29 is 0 Å². The van der Waals surface area contributed by atoms with Gasteiger partial charge in [0.1, 0.15) is 0 Å².